The maximum atomic E-state index is 12.1. The van der Waals surface area contributed by atoms with Crippen molar-refractivity contribution in [3.63, 3.8) is 0 Å². The Balaban J connectivity index is 1.88. The molecule has 2 rings (SSSR count). The van der Waals surface area contributed by atoms with Gasteiger partial charge in [-0.2, -0.15) is 0 Å². The van der Waals surface area contributed by atoms with Gasteiger partial charge in [0.15, 0.2) is 6.10 Å². The summed E-state index contributed by atoms with van der Waals surface area (Å²) in [5.74, 6) is -0.591. The van der Waals surface area contributed by atoms with E-state index < -0.39 is 24.0 Å². The fourth-order valence-electron chi connectivity index (χ4n) is 1.99. The summed E-state index contributed by atoms with van der Waals surface area (Å²) in [6, 6.07) is 13.9. The van der Waals surface area contributed by atoms with Crippen LogP contribution in [0, 0.1) is 0 Å². The van der Waals surface area contributed by atoms with Crippen LogP contribution in [0.2, 0.25) is 5.02 Å². The molecule has 0 saturated heterocycles. The third kappa shape index (κ3) is 6.62. The van der Waals surface area contributed by atoms with E-state index in [0.29, 0.717) is 10.6 Å². The number of rotatable bonds is 6. The van der Waals surface area contributed by atoms with Crippen molar-refractivity contribution in [3.8, 4) is 0 Å². The SMILES string of the molecule is CNC(=O)NC(=O)[C@H](C)OC(=O)c1ccc(CSc2ccc(Cl)cc2)cc1. The molecule has 0 heterocycles. The predicted molar refractivity (Wildman–Crippen MR) is 105 cm³/mol. The van der Waals surface area contributed by atoms with E-state index in [2.05, 4.69) is 10.6 Å². The van der Waals surface area contributed by atoms with E-state index in [0.717, 1.165) is 16.2 Å². The van der Waals surface area contributed by atoms with Crippen LogP contribution < -0.4 is 10.6 Å². The lowest BCUT2D eigenvalue weighted by Crippen LogP contribution is -2.43. The van der Waals surface area contributed by atoms with Gasteiger partial charge in [-0.1, -0.05) is 23.7 Å². The Morgan fingerprint density at radius 2 is 1.70 bits per heavy atom. The number of thioether (sulfide) groups is 1. The molecule has 0 radical (unpaired) electrons. The van der Waals surface area contributed by atoms with Crippen molar-refractivity contribution in [1.29, 1.82) is 0 Å². The molecule has 0 aromatic heterocycles. The molecule has 2 N–H and O–H groups in total. The molecule has 2 aromatic rings. The normalized spacial score (nSPS) is 11.4. The van der Waals surface area contributed by atoms with E-state index in [9.17, 15) is 14.4 Å². The van der Waals surface area contributed by atoms with Crippen LogP contribution >= 0.6 is 23.4 Å². The molecule has 3 amide bonds. The molecule has 0 unspecified atom stereocenters. The van der Waals surface area contributed by atoms with Gasteiger partial charge in [-0.25, -0.2) is 9.59 Å². The molecule has 1 atom stereocenters. The van der Waals surface area contributed by atoms with Crippen molar-refractivity contribution >= 4 is 41.3 Å². The standard InChI is InChI=1S/C19H19ClN2O4S/c1-12(17(23)22-19(25)21-2)26-18(24)14-5-3-13(4-6-14)11-27-16-9-7-15(20)8-10-16/h3-10,12H,11H2,1-2H3,(H2,21,22,23,25)/t12-/m0/s1. The monoisotopic (exact) mass is 406 g/mol. The van der Waals surface area contributed by atoms with Crippen molar-refractivity contribution < 1.29 is 19.1 Å². The first kappa shape index (κ1) is 20.8. The van der Waals surface area contributed by atoms with Gasteiger partial charge >= 0.3 is 12.0 Å². The third-order valence-corrected chi connectivity index (χ3v) is 4.86. The van der Waals surface area contributed by atoms with Crippen LogP contribution in [0.3, 0.4) is 0 Å². The highest BCUT2D eigenvalue weighted by molar-refractivity contribution is 7.98. The fraction of sp³-hybridized carbons (Fsp3) is 0.211. The van der Waals surface area contributed by atoms with Gasteiger partial charge in [0.1, 0.15) is 0 Å². The Labute approximate surface area is 166 Å². The second-order valence-corrected chi connectivity index (χ2v) is 7.04. The zero-order valence-electron chi connectivity index (χ0n) is 14.8. The minimum Gasteiger partial charge on any atom is -0.449 e. The number of ether oxygens (including phenoxy) is 1. The lowest BCUT2D eigenvalue weighted by atomic mass is 10.1. The van der Waals surface area contributed by atoms with Crippen LogP contribution in [0.4, 0.5) is 4.79 Å². The Bertz CT molecular complexity index is 809. The highest BCUT2D eigenvalue weighted by atomic mass is 35.5. The van der Waals surface area contributed by atoms with Crippen LogP contribution in [0.1, 0.15) is 22.8 Å². The van der Waals surface area contributed by atoms with Gasteiger partial charge < -0.3 is 10.1 Å². The summed E-state index contributed by atoms with van der Waals surface area (Å²) in [5, 5.41) is 5.00. The Morgan fingerprint density at radius 3 is 2.30 bits per heavy atom. The molecule has 0 fully saturated rings. The molecule has 8 heteroatoms. The lowest BCUT2D eigenvalue weighted by molar-refractivity contribution is -0.127. The molecule has 0 aliphatic carbocycles. The molecule has 0 bridgehead atoms. The number of benzene rings is 2. The zero-order chi connectivity index (χ0) is 19.8. The number of hydrogen-bond donors (Lipinski definition) is 2. The second kappa shape index (κ2) is 9.99. The fourth-order valence-corrected chi connectivity index (χ4v) is 2.97. The van der Waals surface area contributed by atoms with Gasteiger partial charge in [0.25, 0.3) is 5.91 Å². The number of carbonyl (C=O) groups is 3. The van der Waals surface area contributed by atoms with E-state index in [-0.39, 0.29) is 0 Å². The van der Waals surface area contributed by atoms with Crippen LogP contribution in [0.25, 0.3) is 0 Å². The predicted octanol–water partition coefficient (Wildman–Crippen LogP) is 3.63. The van der Waals surface area contributed by atoms with E-state index in [1.807, 2.05) is 36.4 Å². The number of halogens is 1. The lowest BCUT2D eigenvalue weighted by Gasteiger charge is -2.12. The van der Waals surface area contributed by atoms with Crippen LogP contribution in [-0.2, 0) is 15.3 Å². The van der Waals surface area contributed by atoms with Crippen molar-refractivity contribution in [2.45, 2.75) is 23.7 Å². The quantitative estimate of drug-likeness (QED) is 0.565. The third-order valence-electron chi connectivity index (χ3n) is 3.53. The van der Waals surface area contributed by atoms with Gasteiger partial charge in [0.05, 0.1) is 5.56 Å². The zero-order valence-corrected chi connectivity index (χ0v) is 16.4. The van der Waals surface area contributed by atoms with Crippen LogP contribution in [0.15, 0.2) is 53.4 Å². The summed E-state index contributed by atoms with van der Waals surface area (Å²) in [6.07, 6.45) is -1.09. The second-order valence-electron chi connectivity index (χ2n) is 5.56. The number of nitrogens with one attached hydrogen (secondary N) is 2. The van der Waals surface area contributed by atoms with Gasteiger partial charge in [0, 0.05) is 22.7 Å². The number of esters is 1. The van der Waals surface area contributed by atoms with Crippen molar-refractivity contribution in [3.05, 3.63) is 64.7 Å². The van der Waals surface area contributed by atoms with Crippen molar-refractivity contribution in [2.75, 3.05) is 7.05 Å². The van der Waals surface area contributed by atoms with Crippen molar-refractivity contribution in [1.82, 2.24) is 10.6 Å². The van der Waals surface area contributed by atoms with Gasteiger partial charge in [-0.15, -0.1) is 11.8 Å². The molecule has 142 valence electrons. The summed E-state index contributed by atoms with van der Waals surface area (Å²) in [5.41, 5.74) is 1.37. The van der Waals surface area contributed by atoms with Gasteiger partial charge in [-0.05, 0) is 48.9 Å². The minimum atomic E-state index is -1.09. The molecular weight excluding hydrogens is 388 g/mol. The molecular formula is C19H19ClN2O4S. The number of amides is 3. The number of imide groups is 1. The Morgan fingerprint density at radius 1 is 1.07 bits per heavy atom. The molecule has 0 spiro atoms. The maximum Gasteiger partial charge on any atom is 0.338 e. The molecule has 6 nitrogen and oxygen atoms in total. The average Bonchev–Trinajstić information content (AvgIpc) is 2.67. The Hall–Kier alpha value is -2.51. The maximum absolute atomic E-state index is 12.1. The summed E-state index contributed by atoms with van der Waals surface area (Å²) < 4.78 is 5.08. The van der Waals surface area contributed by atoms with Gasteiger partial charge in [-0.3, -0.25) is 10.1 Å². The minimum absolute atomic E-state index is 0.329. The summed E-state index contributed by atoms with van der Waals surface area (Å²) >= 11 is 7.52. The summed E-state index contributed by atoms with van der Waals surface area (Å²) in [7, 11) is 1.38. The number of carbonyl (C=O) groups excluding carboxylic acids is 3. The average molecular weight is 407 g/mol. The Kier molecular flexibility index (Phi) is 7.69. The number of urea groups is 1. The van der Waals surface area contributed by atoms with Crippen LogP contribution in [-0.4, -0.2) is 31.1 Å². The molecule has 27 heavy (non-hydrogen) atoms. The van der Waals surface area contributed by atoms with Crippen LogP contribution in [0.5, 0.6) is 0 Å². The first-order valence-corrected chi connectivity index (χ1v) is 9.46. The highest BCUT2D eigenvalue weighted by Gasteiger charge is 2.20. The van der Waals surface area contributed by atoms with E-state index >= 15 is 0 Å². The molecule has 0 saturated carbocycles. The first-order valence-electron chi connectivity index (χ1n) is 8.10. The van der Waals surface area contributed by atoms with E-state index in [4.69, 9.17) is 16.3 Å². The molecule has 0 aliphatic heterocycles. The number of hydrogen-bond acceptors (Lipinski definition) is 5. The van der Waals surface area contributed by atoms with E-state index in [1.54, 1.807) is 23.9 Å². The van der Waals surface area contributed by atoms with Crippen molar-refractivity contribution in [2.24, 2.45) is 0 Å². The summed E-state index contributed by atoms with van der Waals surface area (Å²) in [6.45, 7) is 1.40. The molecule has 0 aliphatic rings. The highest BCUT2D eigenvalue weighted by Crippen LogP contribution is 2.24. The van der Waals surface area contributed by atoms with E-state index in [1.165, 1.54) is 14.0 Å². The topological polar surface area (TPSA) is 84.5 Å². The smallest absolute Gasteiger partial charge is 0.338 e. The first-order chi connectivity index (χ1) is 12.9. The summed E-state index contributed by atoms with van der Waals surface area (Å²) in [4.78, 5) is 36.0. The molecule has 2 aromatic carbocycles. The largest absolute Gasteiger partial charge is 0.449 e. The van der Waals surface area contributed by atoms with Gasteiger partial charge in [0.2, 0.25) is 0 Å².